The third-order valence-corrected chi connectivity index (χ3v) is 5.29. The van der Waals surface area contributed by atoms with E-state index in [9.17, 15) is 13.2 Å². The second-order valence-electron chi connectivity index (χ2n) is 5.40. The molecule has 134 valence electrons. The van der Waals surface area contributed by atoms with Crippen LogP contribution in [0.5, 0.6) is 5.75 Å². The molecule has 0 atom stereocenters. The molecule has 2 aromatic rings. The summed E-state index contributed by atoms with van der Waals surface area (Å²) in [4.78, 5) is 11.9. The van der Waals surface area contributed by atoms with Gasteiger partial charge >= 0.3 is 5.97 Å². The van der Waals surface area contributed by atoms with E-state index in [0.717, 1.165) is 5.56 Å². The van der Waals surface area contributed by atoms with Crippen molar-refractivity contribution in [3.63, 3.8) is 0 Å². The highest BCUT2D eigenvalue weighted by molar-refractivity contribution is 7.92. The van der Waals surface area contributed by atoms with Crippen molar-refractivity contribution in [1.82, 2.24) is 0 Å². The molecule has 0 aliphatic rings. The molecule has 0 fully saturated rings. The smallest absolute Gasteiger partial charge is 0.338 e. The zero-order valence-corrected chi connectivity index (χ0v) is 15.4. The summed E-state index contributed by atoms with van der Waals surface area (Å²) < 4.78 is 37.9. The van der Waals surface area contributed by atoms with Crippen molar-refractivity contribution in [1.29, 1.82) is 0 Å². The van der Waals surface area contributed by atoms with Crippen LogP contribution in [0.3, 0.4) is 0 Å². The Bertz CT molecular complexity index is 890. The van der Waals surface area contributed by atoms with Crippen LogP contribution < -0.4 is 9.46 Å². The highest BCUT2D eigenvalue weighted by Crippen LogP contribution is 2.26. The predicted molar refractivity (Wildman–Crippen MR) is 95.7 cm³/mol. The molecule has 0 bridgehead atoms. The number of hydrogen-bond acceptors (Lipinski definition) is 5. The van der Waals surface area contributed by atoms with Crippen LogP contribution in [0.25, 0.3) is 0 Å². The van der Waals surface area contributed by atoms with Gasteiger partial charge in [0.15, 0.2) is 0 Å². The molecule has 0 saturated heterocycles. The van der Waals surface area contributed by atoms with Gasteiger partial charge in [-0.1, -0.05) is 13.0 Å². The van der Waals surface area contributed by atoms with E-state index in [4.69, 9.17) is 9.47 Å². The second kappa shape index (κ2) is 7.57. The van der Waals surface area contributed by atoms with Gasteiger partial charge in [-0.3, -0.25) is 4.72 Å². The van der Waals surface area contributed by atoms with Crippen LogP contribution in [-0.2, 0) is 21.2 Å². The van der Waals surface area contributed by atoms with Crippen LogP contribution in [0.4, 0.5) is 5.69 Å². The fourth-order valence-corrected chi connectivity index (χ4v) is 3.65. The monoisotopic (exact) mass is 363 g/mol. The van der Waals surface area contributed by atoms with E-state index in [0.29, 0.717) is 29.0 Å². The van der Waals surface area contributed by atoms with E-state index in [-0.39, 0.29) is 4.90 Å². The highest BCUT2D eigenvalue weighted by Gasteiger charge is 2.19. The van der Waals surface area contributed by atoms with Gasteiger partial charge < -0.3 is 9.47 Å². The van der Waals surface area contributed by atoms with Crippen molar-refractivity contribution in [3.05, 3.63) is 53.1 Å². The van der Waals surface area contributed by atoms with Crippen molar-refractivity contribution in [2.24, 2.45) is 0 Å². The Hall–Kier alpha value is -2.54. The van der Waals surface area contributed by atoms with Crippen molar-refractivity contribution >= 4 is 21.7 Å². The van der Waals surface area contributed by atoms with Crippen LogP contribution in [-0.4, -0.2) is 28.6 Å². The van der Waals surface area contributed by atoms with E-state index >= 15 is 0 Å². The average molecular weight is 363 g/mol. The molecular formula is C18H21NO5S. The Labute approximate surface area is 147 Å². The van der Waals surface area contributed by atoms with Gasteiger partial charge in [-0.05, 0) is 54.8 Å². The molecule has 7 heteroatoms. The van der Waals surface area contributed by atoms with Gasteiger partial charge in [0.1, 0.15) is 5.75 Å². The number of benzene rings is 2. The second-order valence-corrected chi connectivity index (χ2v) is 7.08. The number of aryl methyl sites for hydroxylation is 1. The standard InChI is InChI=1S/C18H21NO5S/c1-5-13-11-14(9-10-17(13)23-3)25(21,22)19-16-8-6-7-15(12(16)2)18(20)24-4/h6-11,19H,5H2,1-4H3. The lowest BCUT2D eigenvalue weighted by atomic mass is 10.1. The fourth-order valence-electron chi connectivity index (χ4n) is 2.48. The van der Waals surface area contributed by atoms with Gasteiger partial charge in [-0.2, -0.15) is 0 Å². The molecule has 0 amide bonds. The molecule has 2 aromatic carbocycles. The lowest BCUT2D eigenvalue weighted by Crippen LogP contribution is -2.15. The van der Waals surface area contributed by atoms with E-state index in [1.807, 2.05) is 6.92 Å². The molecule has 0 saturated carbocycles. The molecule has 0 radical (unpaired) electrons. The third kappa shape index (κ3) is 3.93. The maximum absolute atomic E-state index is 12.7. The van der Waals surface area contributed by atoms with Crippen molar-refractivity contribution in [2.75, 3.05) is 18.9 Å². The molecule has 0 aliphatic heterocycles. The first-order chi connectivity index (χ1) is 11.8. The van der Waals surface area contributed by atoms with Crippen molar-refractivity contribution in [3.8, 4) is 5.75 Å². The van der Waals surface area contributed by atoms with Gasteiger partial charge in [-0.15, -0.1) is 0 Å². The Balaban J connectivity index is 2.41. The van der Waals surface area contributed by atoms with Crippen LogP contribution >= 0.6 is 0 Å². The normalized spacial score (nSPS) is 11.0. The number of carbonyl (C=O) groups excluding carboxylic acids is 1. The Morgan fingerprint density at radius 3 is 2.48 bits per heavy atom. The number of ether oxygens (including phenoxy) is 2. The molecule has 0 spiro atoms. The summed E-state index contributed by atoms with van der Waals surface area (Å²) in [6, 6.07) is 9.49. The van der Waals surface area contributed by atoms with Gasteiger partial charge in [0, 0.05) is 0 Å². The summed E-state index contributed by atoms with van der Waals surface area (Å²) in [5.41, 5.74) is 1.94. The zero-order valence-electron chi connectivity index (χ0n) is 14.6. The first-order valence-corrected chi connectivity index (χ1v) is 9.20. The van der Waals surface area contributed by atoms with E-state index < -0.39 is 16.0 Å². The number of rotatable bonds is 6. The summed E-state index contributed by atoms with van der Waals surface area (Å²) in [6.45, 7) is 3.58. The van der Waals surface area contributed by atoms with Gasteiger partial charge in [0.05, 0.1) is 30.4 Å². The van der Waals surface area contributed by atoms with E-state index in [1.54, 1.807) is 44.4 Å². The number of anilines is 1. The SMILES string of the molecule is CCc1cc(S(=O)(=O)Nc2cccc(C(=O)OC)c2C)ccc1OC. The van der Waals surface area contributed by atoms with Crippen LogP contribution in [0.2, 0.25) is 0 Å². The van der Waals surface area contributed by atoms with Gasteiger partial charge in [-0.25, -0.2) is 13.2 Å². The molecule has 25 heavy (non-hydrogen) atoms. The third-order valence-electron chi connectivity index (χ3n) is 3.93. The van der Waals surface area contributed by atoms with E-state index in [2.05, 4.69) is 4.72 Å². The number of sulfonamides is 1. The minimum absolute atomic E-state index is 0.132. The minimum Gasteiger partial charge on any atom is -0.496 e. The lowest BCUT2D eigenvalue weighted by molar-refractivity contribution is 0.0600. The first kappa shape index (κ1) is 18.8. The molecule has 0 aliphatic carbocycles. The van der Waals surface area contributed by atoms with Crippen LogP contribution in [0.1, 0.15) is 28.4 Å². The summed E-state index contributed by atoms with van der Waals surface area (Å²) >= 11 is 0. The van der Waals surface area contributed by atoms with E-state index in [1.165, 1.54) is 13.2 Å². The Morgan fingerprint density at radius 2 is 1.88 bits per heavy atom. The summed E-state index contributed by atoms with van der Waals surface area (Å²) in [7, 11) is -0.976. The minimum atomic E-state index is -3.80. The quantitative estimate of drug-likeness (QED) is 0.797. The number of nitrogens with one attached hydrogen (secondary N) is 1. The molecule has 1 N–H and O–H groups in total. The Morgan fingerprint density at radius 1 is 1.16 bits per heavy atom. The van der Waals surface area contributed by atoms with Crippen molar-refractivity contribution < 1.29 is 22.7 Å². The molecule has 2 rings (SSSR count). The summed E-state index contributed by atoms with van der Waals surface area (Å²) in [6.07, 6.45) is 0.642. The predicted octanol–water partition coefficient (Wildman–Crippen LogP) is 3.15. The molecule has 0 heterocycles. The number of esters is 1. The van der Waals surface area contributed by atoms with Crippen molar-refractivity contribution in [2.45, 2.75) is 25.2 Å². The Kier molecular flexibility index (Phi) is 5.69. The number of hydrogen-bond donors (Lipinski definition) is 1. The number of carbonyl (C=O) groups is 1. The largest absolute Gasteiger partial charge is 0.496 e. The topological polar surface area (TPSA) is 81.7 Å². The summed E-state index contributed by atoms with van der Waals surface area (Å²) in [5.74, 6) is 0.126. The molecule has 0 aromatic heterocycles. The molecule has 6 nitrogen and oxygen atoms in total. The maximum atomic E-state index is 12.7. The average Bonchev–Trinajstić information content (AvgIpc) is 2.62. The molecular weight excluding hydrogens is 342 g/mol. The zero-order chi connectivity index (χ0) is 18.6. The lowest BCUT2D eigenvalue weighted by Gasteiger charge is -2.14. The first-order valence-electron chi connectivity index (χ1n) is 7.71. The number of methoxy groups -OCH3 is 2. The summed E-state index contributed by atoms with van der Waals surface area (Å²) in [5, 5.41) is 0. The van der Waals surface area contributed by atoms with Crippen LogP contribution in [0.15, 0.2) is 41.3 Å². The van der Waals surface area contributed by atoms with Gasteiger partial charge in [0.25, 0.3) is 10.0 Å². The maximum Gasteiger partial charge on any atom is 0.338 e. The van der Waals surface area contributed by atoms with Gasteiger partial charge in [0.2, 0.25) is 0 Å². The highest BCUT2D eigenvalue weighted by atomic mass is 32.2. The van der Waals surface area contributed by atoms with Crippen LogP contribution in [0, 0.1) is 6.92 Å². The fraction of sp³-hybridized carbons (Fsp3) is 0.278. The molecule has 0 unspecified atom stereocenters.